The molecule has 5 aromatic rings. The van der Waals surface area contributed by atoms with Gasteiger partial charge in [-0.25, -0.2) is 9.31 Å². The van der Waals surface area contributed by atoms with Crippen molar-refractivity contribution in [3.63, 3.8) is 0 Å². The maximum atomic E-state index is 14.1. The summed E-state index contributed by atoms with van der Waals surface area (Å²) in [5.41, 5.74) is 10.6. The fraction of sp³-hybridized carbons (Fsp3) is 0.333. The van der Waals surface area contributed by atoms with E-state index in [-0.39, 0.29) is 23.4 Å². The number of aromatic amines is 1. The van der Waals surface area contributed by atoms with E-state index in [4.69, 9.17) is 10.3 Å². The fourth-order valence-corrected chi connectivity index (χ4v) is 5.99. The van der Waals surface area contributed by atoms with E-state index in [1.54, 1.807) is 4.57 Å². The molecule has 1 amide bonds. The zero-order valence-electron chi connectivity index (χ0n) is 22.7. The first-order valence-corrected chi connectivity index (χ1v) is 13.9. The molecule has 0 saturated heterocycles. The van der Waals surface area contributed by atoms with Crippen LogP contribution in [0.5, 0.6) is 0 Å². The van der Waals surface area contributed by atoms with Gasteiger partial charge in [-0.15, -0.1) is 0 Å². The number of primary amides is 1. The molecule has 0 unspecified atom stereocenters. The first-order chi connectivity index (χ1) is 19.9. The van der Waals surface area contributed by atoms with Crippen molar-refractivity contribution in [2.75, 3.05) is 0 Å². The minimum atomic E-state index is -0.607. The van der Waals surface area contributed by atoms with E-state index in [1.807, 2.05) is 53.0 Å². The second-order valence-corrected chi connectivity index (χ2v) is 10.6. The van der Waals surface area contributed by atoms with Crippen LogP contribution in [0.1, 0.15) is 61.9 Å². The maximum Gasteiger partial charge on any atom is 0.439 e. The number of benzene rings is 2. The van der Waals surface area contributed by atoms with Gasteiger partial charge in [-0.05, 0) is 48.8 Å². The normalized spacial score (nSPS) is 17.2. The Bertz CT molecular complexity index is 1820. The molecular weight excluding hydrogens is 522 g/mol. The number of nitrogens with zero attached hydrogens (tertiary/aromatic N) is 5. The van der Waals surface area contributed by atoms with Gasteiger partial charge in [-0.2, -0.15) is 10.1 Å². The Labute approximate surface area is 235 Å². The Kier molecular flexibility index (Phi) is 7.08. The van der Waals surface area contributed by atoms with Crippen molar-refractivity contribution in [2.45, 2.75) is 57.9 Å². The smallest absolute Gasteiger partial charge is 0.369 e. The summed E-state index contributed by atoms with van der Waals surface area (Å²) < 4.78 is 8.30. The van der Waals surface area contributed by atoms with E-state index in [0.717, 1.165) is 34.4 Å². The number of hydrogen-bond donors (Lipinski definition) is 2. The van der Waals surface area contributed by atoms with E-state index in [1.165, 1.54) is 6.33 Å². The van der Waals surface area contributed by atoms with E-state index in [0.29, 0.717) is 55.7 Å². The van der Waals surface area contributed by atoms with Crippen LogP contribution in [-0.2, 0) is 17.6 Å². The summed E-state index contributed by atoms with van der Waals surface area (Å²) >= 11 is 0. The van der Waals surface area contributed by atoms with Crippen LogP contribution in [0, 0.1) is 5.92 Å². The Balaban J connectivity index is 1.36. The van der Waals surface area contributed by atoms with Crippen LogP contribution < -0.4 is 17.0 Å². The number of aromatic nitrogens is 6. The number of H-pyrrole nitrogens is 1. The minimum absolute atomic E-state index is 0.0547. The monoisotopic (exact) mass is 553 g/mol. The zero-order chi connectivity index (χ0) is 28.5. The molecule has 0 spiro atoms. The van der Waals surface area contributed by atoms with Crippen LogP contribution in [0.25, 0.3) is 28.3 Å². The third-order valence-electron chi connectivity index (χ3n) is 8.05. The Morgan fingerprint density at radius 3 is 2.44 bits per heavy atom. The number of fused-ring (bicyclic) bond motifs is 1. The van der Waals surface area contributed by atoms with Crippen molar-refractivity contribution in [3.05, 3.63) is 92.6 Å². The summed E-state index contributed by atoms with van der Waals surface area (Å²) in [5, 5.41) is 8.35. The topological polar surface area (TPSA) is 154 Å². The molecule has 0 radical (unpaired) electrons. The number of hydrogen-bond acceptors (Lipinski definition) is 7. The highest BCUT2D eigenvalue weighted by molar-refractivity contribution is 5.80. The zero-order valence-corrected chi connectivity index (χ0v) is 22.7. The molecule has 0 atom stereocenters. The molecule has 1 aliphatic carbocycles. The maximum absolute atomic E-state index is 14.1. The number of nitrogens with two attached hydrogens (primary N) is 1. The molecule has 41 heavy (non-hydrogen) atoms. The number of amides is 1. The van der Waals surface area contributed by atoms with Crippen molar-refractivity contribution in [2.24, 2.45) is 11.7 Å². The van der Waals surface area contributed by atoms with Gasteiger partial charge in [0.05, 0.1) is 5.69 Å². The van der Waals surface area contributed by atoms with Gasteiger partial charge in [0, 0.05) is 29.5 Å². The second-order valence-electron chi connectivity index (χ2n) is 10.6. The molecular formula is C30H31N7O4. The van der Waals surface area contributed by atoms with Gasteiger partial charge in [0.15, 0.2) is 5.82 Å². The summed E-state index contributed by atoms with van der Waals surface area (Å²) in [7, 11) is 0. The molecule has 3 heterocycles. The highest BCUT2D eigenvalue weighted by Crippen LogP contribution is 2.33. The molecule has 3 aromatic heterocycles. The minimum Gasteiger partial charge on any atom is -0.369 e. The molecule has 2 aromatic carbocycles. The number of aryl methyl sites for hydroxylation is 1. The summed E-state index contributed by atoms with van der Waals surface area (Å²) in [6.07, 6.45) is 6.18. The van der Waals surface area contributed by atoms with Gasteiger partial charge in [0.25, 0.3) is 5.56 Å². The molecule has 0 aliphatic heterocycles. The van der Waals surface area contributed by atoms with Crippen LogP contribution in [0.2, 0.25) is 0 Å². The van der Waals surface area contributed by atoms with Crippen molar-refractivity contribution in [1.82, 2.24) is 29.3 Å². The molecule has 6 rings (SSSR count). The highest BCUT2D eigenvalue weighted by atomic mass is 16.5. The molecule has 1 aliphatic rings. The van der Waals surface area contributed by atoms with Crippen LogP contribution in [0.4, 0.5) is 0 Å². The van der Waals surface area contributed by atoms with Gasteiger partial charge >= 0.3 is 5.76 Å². The molecule has 1 fully saturated rings. The molecule has 210 valence electrons. The third kappa shape index (κ3) is 4.99. The van der Waals surface area contributed by atoms with Crippen molar-refractivity contribution >= 4 is 11.7 Å². The lowest BCUT2D eigenvalue weighted by Gasteiger charge is -2.29. The molecule has 11 heteroatoms. The Morgan fingerprint density at radius 1 is 1.05 bits per heavy atom. The highest BCUT2D eigenvalue weighted by Gasteiger charge is 2.29. The van der Waals surface area contributed by atoms with E-state index in [2.05, 4.69) is 27.1 Å². The van der Waals surface area contributed by atoms with Gasteiger partial charge in [0.1, 0.15) is 6.33 Å². The lowest BCUT2D eigenvalue weighted by atomic mass is 9.85. The van der Waals surface area contributed by atoms with Crippen LogP contribution in [0.3, 0.4) is 0 Å². The van der Waals surface area contributed by atoms with Crippen molar-refractivity contribution < 1.29 is 9.32 Å². The number of nitrogens with one attached hydrogen (secondary N) is 1. The fourth-order valence-electron chi connectivity index (χ4n) is 5.99. The molecule has 0 bridgehead atoms. The summed E-state index contributed by atoms with van der Waals surface area (Å²) in [6, 6.07) is 15.6. The van der Waals surface area contributed by atoms with Crippen LogP contribution in [-0.4, -0.2) is 35.2 Å². The van der Waals surface area contributed by atoms with Gasteiger partial charge in [-0.1, -0.05) is 67.0 Å². The molecule has 3 N–H and O–H groups in total. The van der Waals surface area contributed by atoms with Crippen LogP contribution >= 0.6 is 0 Å². The second kappa shape index (κ2) is 11.0. The van der Waals surface area contributed by atoms with Gasteiger partial charge in [-0.3, -0.25) is 23.7 Å². The number of carbonyl (C=O) groups is 1. The average Bonchev–Trinajstić information content (AvgIpc) is 3.65. The third-order valence-corrected chi connectivity index (χ3v) is 8.05. The molecule has 1 saturated carbocycles. The summed E-state index contributed by atoms with van der Waals surface area (Å²) in [5.74, 6) is -0.123. The lowest BCUT2D eigenvalue weighted by Crippen LogP contribution is -2.35. The Morgan fingerprint density at radius 2 is 1.78 bits per heavy atom. The predicted molar refractivity (Wildman–Crippen MR) is 152 cm³/mol. The summed E-state index contributed by atoms with van der Waals surface area (Å²) in [4.78, 5) is 44.5. The number of carbonyl (C=O) groups excluding carboxylic acids is 1. The van der Waals surface area contributed by atoms with Crippen LogP contribution in [0.15, 0.2) is 69.0 Å². The SMILES string of the molecule is CCCc1c(Cc2ccc(-c3ccccc3-c3noc(=O)[nH]3)cc2)c(=O)n(C2CCC(C(N)=O)CC2)c2ncnn12. The van der Waals surface area contributed by atoms with E-state index < -0.39 is 5.76 Å². The number of rotatable bonds is 8. The van der Waals surface area contributed by atoms with Gasteiger partial charge in [0.2, 0.25) is 11.7 Å². The van der Waals surface area contributed by atoms with Crippen molar-refractivity contribution in [1.29, 1.82) is 0 Å². The molecule has 11 nitrogen and oxygen atoms in total. The first-order valence-electron chi connectivity index (χ1n) is 13.9. The Hall–Kier alpha value is -4.80. The van der Waals surface area contributed by atoms with E-state index >= 15 is 0 Å². The van der Waals surface area contributed by atoms with Crippen molar-refractivity contribution in [3.8, 4) is 22.5 Å². The summed E-state index contributed by atoms with van der Waals surface area (Å²) in [6.45, 7) is 2.08. The average molecular weight is 554 g/mol. The van der Waals surface area contributed by atoms with Gasteiger partial charge < -0.3 is 5.73 Å². The quantitative estimate of drug-likeness (QED) is 0.297. The van der Waals surface area contributed by atoms with E-state index in [9.17, 15) is 14.4 Å². The lowest BCUT2D eigenvalue weighted by molar-refractivity contribution is -0.122. The largest absolute Gasteiger partial charge is 0.439 e. The standard InChI is InChI=1S/C30H31N7O4/c1-2-5-25-24(28(39)36(29-32-17-33-37(25)29)21-14-12-20(13-15-21)26(31)38)16-18-8-10-19(11-9-18)22-6-3-4-7-23(22)27-34-30(40)41-35-27/h3-4,6-11,17,20-21H,2,5,12-16H2,1H3,(H2,31,38)(H,34,35,40). The first kappa shape index (κ1) is 26.4. The predicted octanol–water partition coefficient (Wildman–Crippen LogP) is 3.66.